The first kappa shape index (κ1) is 17.0. The molecule has 1 rings (SSSR count). The first-order valence-corrected chi connectivity index (χ1v) is 6.87. The molecule has 0 radical (unpaired) electrons. The number of carbonyl (C=O) groups is 2. The van der Waals surface area contributed by atoms with E-state index in [-0.39, 0.29) is 12.6 Å². The molecule has 0 heterocycles. The van der Waals surface area contributed by atoms with Crippen molar-refractivity contribution in [3.05, 3.63) is 35.9 Å². The molecule has 0 aliphatic rings. The summed E-state index contributed by atoms with van der Waals surface area (Å²) in [7, 11) is 0. The van der Waals surface area contributed by atoms with Crippen LogP contribution in [0.2, 0.25) is 0 Å². The number of hydrogen-bond acceptors (Lipinski definition) is 3. The number of carbonyl (C=O) groups excluding carboxylic acids is 1. The van der Waals surface area contributed by atoms with Crippen molar-refractivity contribution in [1.29, 1.82) is 0 Å². The number of hydrogen-bond donors (Lipinski definition) is 4. The lowest BCUT2D eigenvalue weighted by atomic mass is 10.0. The summed E-state index contributed by atoms with van der Waals surface area (Å²) in [6.45, 7) is 3.20. The summed E-state index contributed by atoms with van der Waals surface area (Å²) in [4.78, 5) is 22.4. The van der Waals surface area contributed by atoms with E-state index < -0.39 is 24.0 Å². The molecule has 0 bridgehead atoms. The van der Waals surface area contributed by atoms with Gasteiger partial charge in [0.15, 0.2) is 0 Å². The molecule has 4 N–H and O–H groups in total. The van der Waals surface area contributed by atoms with Gasteiger partial charge in [-0.3, -0.25) is 4.79 Å². The molecule has 0 aliphatic heterocycles. The Labute approximate surface area is 124 Å². The Morgan fingerprint density at radius 3 is 2.43 bits per heavy atom. The summed E-state index contributed by atoms with van der Waals surface area (Å²) in [5.74, 6) is -1.11. The molecule has 0 aliphatic carbocycles. The quantitative estimate of drug-likeness (QED) is 0.614. The van der Waals surface area contributed by atoms with E-state index in [1.807, 2.05) is 37.3 Å². The largest absolute Gasteiger partial charge is 0.481 e. The van der Waals surface area contributed by atoms with Crippen LogP contribution >= 0.6 is 0 Å². The number of aliphatic carboxylic acids is 1. The average Bonchev–Trinajstić information content (AvgIpc) is 2.42. The van der Waals surface area contributed by atoms with Crippen molar-refractivity contribution < 1.29 is 19.8 Å². The summed E-state index contributed by atoms with van der Waals surface area (Å²) in [6.07, 6.45) is 0.298. The highest BCUT2D eigenvalue weighted by Crippen LogP contribution is 2.15. The number of urea groups is 1. The van der Waals surface area contributed by atoms with Gasteiger partial charge in [-0.05, 0) is 18.9 Å². The lowest BCUT2D eigenvalue weighted by Gasteiger charge is -2.23. The second-order valence-corrected chi connectivity index (χ2v) is 5.27. The van der Waals surface area contributed by atoms with E-state index in [1.54, 1.807) is 0 Å². The van der Waals surface area contributed by atoms with Crippen LogP contribution in [0, 0.1) is 0 Å². The predicted octanol–water partition coefficient (Wildman–Crippen LogP) is 1.66. The van der Waals surface area contributed by atoms with Crippen molar-refractivity contribution in [1.82, 2.24) is 10.6 Å². The summed E-state index contributed by atoms with van der Waals surface area (Å²) in [5.41, 5.74) is -0.482. The molecule has 0 saturated heterocycles. The van der Waals surface area contributed by atoms with Gasteiger partial charge in [0.25, 0.3) is 0 Å². The van der Waals surface area contributed by atoms with Crippen LogP contribution in [0.15, 0.2) is 30.3 Å². The van der Waals surface area contributed by atoms with Crippen LogP contribution in [0.3, 0.4) is 0 Å². The number of rotatable bonds is 7. The third-order valence-electron chi connectivity index (χ3n) is 3.08. The minimum absolute atomic E-state index is 0.129. The number of amides is 2. The minimum Gasteiger partial charge on any atom is -0.481 e. The highest BCUT2D eigenvalue weighted by atomic mass is 16.4. The van der Waals surface area contributed by atoms with E-state index in [2.05, 4.69) is 10.6 Å². The van der Waals surface area contributed by atoms with Gasteiger partial charge in [0, 0.05) is 6.54 Å². The van der Waals surface area contributed by atoms with Gasteiger partial charge in [-0.2, -0.15) is 0 Å². The standard InChI is InChI=1S/C15H22N2O4/c1-3-12(11-7-5-4-6-8-11)17-14(20)16-10-15(2,21)9-13(18)19/h4-8,12,21H,3,9-10H2,1-2H3,(H,18,19)(H2,16,17,20). The van der Waals surface area contributed by atoms with Crippen molar-refractivity contribution in [2.24, 2.45) is 0 Å². The predicted molar refractivity (Wildman–Crippen MR) is 78.9 cm³/mol. The van der Waals surface area contributed by atoms with Gasteiger partial charge in [-0.1, -0.05) is 37.3 Å². The first-order chi connectivity index (χ1) is 9.84. The number of nitrogens with one attached hydrogen (secondary N) is 2. The average molecular weight is 294 g/mol. The van der Waals surface area contributed by atoms with Gasteiger partial charge >= 0.3 is 12.0 Å². The monoisotopic (exact) mass is 294 g/mol. The van der Waals surface area contributed by atoms with Crippen molar-refractivity contribution in [2.45, 2.75) is 38.3 Å². The molecule has 2 amide bonds. The van der Waals surface area contributed by atoms with Crippen molar-refractivity contribution in [2.75, 3.05) is 6.54 Å². The SMILES string of the molecule is CCC(NC(=O)NCC(C)(O)CC(=O)O)c1ccccc1. The number of carboxylic acid groups (broad SMARTS) is 1. The summed E-state index contributed by atoms with van der Waals surface area (Å²) >= 11 is 0. The van der Waals surface area contributed by atoms with Gasteiger partial charge in [-0.15, -0.1) is 0 Å². The fourth-order valence-electron chi connectivity index (χ4n) is 1.97. The molecular weight excluding hydrogens is 272 g/mol. The van der Waals surface area contributed by atoms with Gasteiger partial charge in [0.05, 0.1) is 18.1 Å². The third-order valence-corrected chi connectivity index (χ3v) is 3.08. The molecule has 6 nitrogen and oxygen atoms in total. The Bertz CT molecular complexity index is 474. The fraction of sp³-hybridized carbons (Fsp3) is 0.467. The minimum atomic E-state index is -1.47. The second kappa shape index (κ2) is 7.64. The number of carboxylic acids is 1. The Kier molecular flexibility index (Phi) is 6.17. The highest BCUT2D eigenvalue weighted by Gasteiger charge is 2.25. The van der Waals surface area contributed by atoms with E-state index in [0.717, 1.165) is 12.0 Å². The Balaban J connectivity index is 2.51. The molecule has 0 fully saturated rings. The molecule has 2 atom stereocenters. The zero-order chi connectivity index (χ0) is 15.9. The van der Waals surface area contributed by atoms with Crippen molar-refractivity contribution >= 4 is 12.0 Å². The molecule has 1 aromatic rings. The Morgan fingerprint density at radius 2 is 1.90 bits per heavy atom. The molecule has 21 heavy (non-hydrogen) atoms. The van der Waals surface area contributed by atoms with Crippen LogP contribution in [-0.2, 0) is 4.79 Å². The second-order valence-electron chi connectivity index (χ2n) is 5.27. The lowest BCUT2D eigenvalue weighted by Crippen LogP contribution is -2.46. The number of benzene rings is 1. The van der Waals surface area contributed by atoms with Gasteiger partial charge < -0.3 is 20.8 Å². The van der Waals surface area contributed by atoms with Gasteiger partial charge in [0.1, 0.15) is 0 Å². The zero-order valence-electron chi connectivity index (χ0n) is 12.3. The van der Waals surface area contributed by atoms with E-state index in [4.69, 9.17) is 5.11 Å². The summed E-state index contributed by atoms with van der Waals surface area (Å²) in [6, 6.07) is 8.99. The van der Waals surface area contributed by atoms with E-state index in [1.165, 1.54) is 6.92 Å². The Morgan fingerprint density at radius 1 is 1.29 bits per heavy atom. The van der Waals surface area contributed by atoms with Crippen LogP contribution in [0.25, 0.3) is 0 Å². The molecule has 0 saturated carbocycles. The van der Waals surface area contributed by atoms with Crippen LogP contribution in [-0.4, -0.2) is 34.4 Å². The van der Waals surface area contributed by atoms with Crippen molar-refractivity contribution in [3.63, 3.8) is 0 Å². The van der Waals surface area contributed by atoms with Crippen LogP contribution in [0.4, 0.5) is 4.79 Å². The highest BCUT2D eigenvalue weighted by molar-refractivity contribution is 5.74. The van der Waals surface area contributed by atoms with Crippen LogP contribution < -0.4 is 10.6 Å². The van der Waals surface area contributed by atoms with E-state index >= 15 is 0 Å². The zero-order valence-corrected chi connectivity index (χ0v) is 12.3. The molecule has 0 spiro atoms. The topological polar surface area (TPSA) is 98.7 Å². The normalized spacial score (nSPS) is 14.8. The van der Waals surface area contributed by atoms with Gasteiger partial charge in [-0.25, -0.2) is 4.79 Å². The Hall–Kier alpha value is -2.08. The van der Waals surface area contributed by atoms with Crippen LogP contribution in [0.5, 0.6) is 0 Å². The molecular formula is C15H22N2O4. The molecule has 116 valence electrons. The fourth-order valence-corrected chi connectivity index (χ4v) is 1.97. The molecule has 2 unspecified atom stereocenters. The summed E-state index contributed by atoms with van der Waals surface area (Å²) < 4.78 is 0. The van der Waals surface area contributed by atoms with E-state index in [9.17, 15) is 14.7 Å². The third kappa shape index (κ3) is 6.27. The maximum atomic E-state index is 11.8. The maximum Gasteiger partial charge on any atom is 0.315 e. The molecule has 1 aromatic carbocycles. The summed E-state index contributed by atoms with van der Waals surface area (Å²) in [5, 5.41) is 23.8. The first-order valence-electron chi connectivity index (χ1n) is 6.87. The smallest absolute Gasteiger partial charge is 0.315 e. The molecule has 0 aromatic heterocycles. The molecule has 6 heteroatoms. The van der Waals surface area contributed by atoms with Crippen molar-refractivity contribution in [3.8, 4) is 0 Å². The van der Waals surface area contributed by atoms with Crippen LogP contribution in [0.1, 0.15) is 38.3 Å². The van der Waals surface area contributed by atoms with E-state index in [0.29, 0.717) is 0 Å². The maximum absolute atomic E-state index is 11.8. The number of aliphatic hydroxyl groups is 1. The van der Waals surface area contributed by atoms with Gasteiger partial charge in [0.2, 0.25) is 0 Å². The lowest BCUT2D eigenvalue weighted by molar-refractivity contribution is -0.141.